The van der Waals surface area contributed by atoms with Crippen molar-refractivity contribution in [3.8, 4) is 6.07 Å². The van der Waals surface area contributed by atoms with E-state index in [-0.39, 0.29) is 0 Å². The van der Waals surface area contributed by atoms with E-state index in [2.05, 4.69) is 6.58 Å². The van der Waals surface area contributed by atoms with E-state index in [0.717, 1.165) is 19.3 Å². The van der Waals surface area contributed by atoms with E-state index < -0.39 is 6.10 Å². The molecule has 0 rings (SSSR count). The second-order valence-corrected chi connectivity index (χ2v) is 2.22. The van der Waals surface area contributed by atoms with Gasteiger partial charge in [0.25, 0.3) is 0 Å². The van der Waals surface area contributed by atoms with Crippen LogP contribution in [0.2, 0.25) is 0 Å². The highest BCUT2D eigenvalue weighted by atomic mass is 16.3. The van der Waals surface area contributed by atoms with Gasteiger partial charge in [-0.2, -0.15) is 5.26 Å². The molecule has 0 aromatic rings. The van der Waals surface area contributed by atoms with E-state index in [1.54, 1.807) is 6.07 Å². The molecule has 0 amide bonds. The van der Waals surface area contributed by atoms with Gasteiger partial charge in [0.15, 0.2) is 0 Å². The second kappa shape index (κ2) is 6.31. The van der Waals surface area contributed by atoms with Crippen molar-refractivity contribution in [1.29, 1.82) is 5.26 Å². The molecule has 0 spiro atoms. The molecule has 0 heterocycles. The number of allylic oxidation sites excluding steroid dienone is 1. The smallest absolute Gasteiger partial charge is 0.140 e. The van der Waals surface area contributed by atoms with Crippen LogP contribution in [0.25, 0.3) is 0 Å². The lowest BCUT2D eigenvalue weighted by Crippen LogP contribution is -2.00. The van der Waals surface area contributed by atoms with E-state index in [9.17, 15) is 0 Å². The van der Waals surface area contributed by atoms with Crippen molar-refractivity contribution in [1.82, 2.24) is 0 Å². The van der Waals surface area contributed by atoms with Crippen LogP contribution < -0.4 is 0 Å². The zero-order chi connectivity index (χ0) is 7.82. The van der Waals surface area contributed by atoms with Crippen molar-refractivity contribution in [2.75, 3.05) is 0 Å². The van der Waals surface area contributed by atoms with Crippen molar-refractivity contribution >= 4 is 0 Å². The molecular weight excluding hydrogens is 126 g/mol. The third-order valence-corrected chi connectivity index (χ3v) is 1.28. The fraction of sp³-hybridized carbons (Fsp3) is 0.625. The van der Waals surface area contributed by atoms with Gasteiger partial charge in [0, 0.05) is 0 Å². The zero-order valence-electron chi connectivity index (χ0n) is 6.08. The Kier molecular flexibility index (Phi) is 5.80. The maximum Gasteiger partial charge on any atom is 0.140 e. The molecule has 1 unspecified atom stereocenters. The minimum Gasteiger partial charge on any atom is -0.378 e. The van der Waals surface area contributed by atoms with E-state index in [4.69, 9.17) is 10.4 Å². The average Bonchev–Trinajstić information content (AvgIpc) is 1.98. The van der Waals surface area contributed by atoms with E-state index in [0.29, 0.717) is 6.42 Å². The molecule has 0 saturated carbocycles. The van der Waals surface area contributed by atoms with Crippen LogP contribution in [0.15, 0.2) is 12.7 Å². The normalized spacial score (nSPS) is 12.0. The molecule has 10 heavy (non-hydrogen) atoms. The van der Waals surface area contributed by atoms with Crippen LogP contribution in [-0.2, 0) is 0 Å². The van der Waals surface area contributed by atoms with Crippen LogP contribution in [0.4, 0.5) is 0 Å². The van der Waals surface area contributed by atoms with Crippen molar-refractivity contribution < 1.29 is 5.11 Å². The molecule has 2 heteroatoms. The van der Waals surface area contributed by atoms with Crippen LogP contribution >= 0.6 is 0 Å². The number of unbranched alkanes of at least 4 members (excludes halogenated alkanes) is 2. The highest BCUT2D eigenvalue weighted by Crippen LogP contribution is 2.02. The summed E-state index contributed by atoms with van der Waals surface area (Å²) < 4.78 is 0. The van der Waals surface area contributed by atoms with Crippen molar-refractivity contribution in [3.05, 3.63) is 12.7 Å². The van der Waals surface area contributed by atoms with Gasteiger partial charge in [0.1, 0.15) is 6.10 Å². The fourth-order valence-corrected chi connectivity index (χ4v) is 0.691. The highest BCUT2D eigenvalue weighted by molar-refractivity contribution is 4.81. The molecule has 0 radical (unpaired) electrons. The Morgan fingerprint density at radius 1 is 1.60 bits per heavy atom. The van der Waals surface area contributed by atoms with Crippen LogP contribution in [-0.4, -0.2) is 11.2 Å². The lowest BCUT2D eigenvalue weighted by atomic mass is 10.1. The van der Waals surface area contributed by atoms with Crippen LogP contribution in [0.5, 0.6) is 0 Å². The first-order chi connectivity index (χ1) is 4.81. The summed E-state index contributed by atoms with van der Waals surface area (Å²) in [4.78, 5) is 0. The van der Waals surface area contributed by atoms with E-state index in [1.165, 1.54) is 0 Å². The molecule has 0 saturated heterocycles. The first-order valence-electron chi connectivity index (χ1n) is 3.50. The summed E-state index contributed by atoms with van der Waals surface area (Å²) in [6.07, 6.45) is 4.55. The van der Waals surface area contributed by atoms with Gasteiger partial charge in [0.2, 0.25) is 0 Å². The number of nitriles is 1. The lowest BCUT2D eigenvalue weighted by molar-refractivity contribution is 0.215. The molecule has 0 bridgehead atoms. The zero-order valence-corrected chi connectivity index (χ0v) is 6.08. The standard InChI is InChI=1S/C8H13NO/c1-2-3-4-5-6-8(10)7-9/h2,8,10H,1,3-6H2. The number of aliphatic hydroxyl groups excluding tert-OH is 1. The largest absolute Gasteiger partial charge is 0.378 e. The maximum atomic E-state index is 8.77. The summed E-state index contributed by atoms with van der Waals surface area (Å²) in [5, 5.41) is 16.9. The predicted octanol–water partition coefficient (Wildman–Crippen LogP) is 1.62. The first kappa shape index (κ1) is 9.19. The quantitative estimate of drug-likeness (QED) is 0.357. The number of hydrogen-bond acceptors (Lipinski definition) is 2. The van der Waals surface area contributed by atoms with Gasteiger partial charge >= 0.3 is 0 Å². The van der Waals surface area contributed by atoms with Crippen LogP contribution in [0.3, 0.4) is 0 Å². The molecule has 56 valence electrons. The molecule has 0 aromatic heterocycles. The Balaban J connectivity index is 3.05. The van der Waals surface area contributed by atoms with Gasteiger partial charge in [-0.1, -0.05) is 6.08 Å². The van der Waals surface area contributed by atoms with Crippen molar-refractivity contribution in [3.63, 3.8) is 0 Å². The Bertz CT molecular complexity index is 126. The molecule has 0 aromatic carbocycles. The Morgan fingerprint density at radius 2 is 2.30 bits per heavy atom. The summed E-state index contributed by atoms with van der Waals surface area (Å²) in [5.74, 6) is 0. The predicted molar refractivity (Wildman–Crippen MR) is 40.3 cm³/mol. The van der Waals surface area contributed by atoms with Crippen molar-refractivity contribution in [2.24, 2.45) is 0 Å². The van der Waals surface area contributed by atoms with Gasteiger partial charge < -0.3 is 5.11 Å². The van der Waals surface area contributed by atoms with Gasteiger partial charge in [0.05, 0.1) is 6.07 Å². The summed E-state index contributed by atoms with van der Waals surface area (Å²) in [7, 11) is 0. The summed E-state index contributed by atoms with van der Waals surface area (Å²) in [6, 6.07) is 1.77. The van der Waals surface area contributed by atoms with E-state index in [1.807, 2.05) is 6.08 Å². The van der Waals surface area contributed by atoms with E-state index >= 15 is 0 Å². The average molecular weight is 139 g/mol. The lowest BCUT2D eigenvalue weighted by Gasteiger charge is -1.98. The molecule has 0 aliphatic rings. The van der Waals surface area contributed by atoms with Gasteiger partial charge in [-0.25, -0.2) is 0 Å². The molecule has 0 aliphatic heterocycles. The van der Waals surface area contributed by atoms with Gasteiger partial charge in [-0.3, -0.25) is 0 Å². The topological polar surface area (TPSA) is 44.0 Å². The third-order valence-electron chi connectivity index (χ3n) is 1.28. The second-order valence-electron chi connectivity index (χ2n) is 2.22. The van der Waals surface area contributed by atoms with Gasteiger partial charge in [-0.05, 0) is 25.7 Å². The summed E-state index contributed by atoms with van der Waals surface area (Å²) >= 11 is 0. The SMILES string of the molecule is C=CCCCCC(O)C#N. The number of aliphatic hydroxyl groups is 1. The molecule has 1 atom stereocenters. The Morgan fingerprint density at radius 3 is 2.80 bits per heavy atom. The molecular formula is C8H13NO. The van der Waals surface area contributed by atoms with Crippen LogP contribution in [0.1, 0.15) is 25.7 Å². The Hall–Kier alpha value is -0.810. The van der Waals surface area contributed by atoms with Crippen LogP contribution in [0, 0.1) is 11.3 Å². The molecule has 1 N–H and O–H groups in total. The molecule has 2 nitrogen and oxygen atoms in total. The molecule has 0 fully saturated rings. The Labute approximate surface area is 61.8 Å². The number of hydrogen-bond donors (Lipinski definition) is 1. The first-order valence-corrected chi connectivity index (χ1v) is 3.50. The summed E-state index contributed by atoms with van der Waals surface area (Å²) in [5.41, 5.74) is 0. The number of rotatable bonds is 5. The monoisotopic (exact) mass is 139 g/mol. The molecule has 0 aliphatic carbocycles. The summed E-state index contributed by atoms with van der Waals surface area (Å²) in [6.45, 7) is 3.57. The minimum absolute atomic E-state index is 0.588. The fourth-order valence-electron chi connectivity index (χ4n) is 0.691. The van der Waals surface area contributed by atoms with Crippen molar-refractivity contribution in [2.45, 2.75) is 31.8 Å². The maximum absolute atomic E-state index is 8.77. The highest BCUT2D eigenvalue weighted by Gasteiger charge is 1.98. The third kappa shape index (κ3) is 5.33. The number of nitrogens with zero attached hydrogens (tertiary/aromatic N) is 1. The minimum atomic E-state index is -0.773. The van der Waals surface area contributed by atoms with Gasteiger partial charge in [-0.15, -0.1) is 6.58 Å².